The molecule has 0 aliphatic carbocycles. The molecule has 1 aromatic rings. The number of hydrogen-bond donors (Lipinski definition) is 2. The summed E-state index contributed by atoms with van der Waals surface area (Å²) in [7, 11) is 2.49. The van der Waals surface area contributed by atoms with E-state index in [1.54, 1.807) is 6.07 Å². The van der Waals surface area contributed by atoms with Crippen molar-refractivity contribution in [2.45, 2.75) is 0 Å². The fraction of sp³-hybridized carbons (Fsp3) is 0.333. The van der Waals surface area contributed by atoms with Crippen molar-refractivity contribution in [1.29, 1.82) is 0 Å². The molecule has 1 heterocycles. The van der Waals surface area contributed by atoms with Crippen LogP contribution in [0.1, 0.15) is 0 Å². The molecule has 1 rings (SSSR count). The van der Waals surface area contributed by atoms with Gasteiger partial charge in [-0.3, -0.25) is 0 Å². The van der Waals surface area contributed by atoms with Gasteiger partial charge in [0.15, 0.2) is 0 Å². The van der Waals surface area contributed by atoms with E-state index < -0.39 is 7.12 Å². The molecule has 0 aliphatic heterocycles. The van der Waals surface area contributed by atoms with Gasteiger partial charge in [0.25, 0.3) is 0 Å². The molecule has 11 heavy (non-hydrogen) atoms. The van der Waals surface area contributed by atoms with Crippen molar-refractivity contribution in [1.82, 2.24) is 0 Å². The van der Waals surface area contributed by atoms with E-state index in [-0.39, 0.29) is 0 Å². The van der Waals surface area contributed by atoms with Gasteiger partial charge in [0, 0.05) is 29.9 Å². The number of anilines is 1. The van der Waals surface area contributed by atoms with E-state index in [0.29, 0.717) is 4.78 Å². The summed E-state index contributed by atoms with van der Waals surface area (Å²) in [6.07, 6.45) is 0. The number of nitrogens with zero attached hydrogens (tertiary/aromatic N) is 1. The van der Waals surface area contributed by atoms with E-state index in [4.69, 9.17) is 10.0 Å². The van der Waals surface area contributed by atoms with E-state index in [1.165, 1.54) is 11.3 Å². The number of hydrogen-bond acceptors (Lipinski definition) is 4. The van der Waals surface area contributed by atoms with Crippen LogP contribution >= 0.6 is 11.3 Å². The molecule has 0 unspecified atom stereocenters. The van der Waals surface area contributed by atoms with Gasteiger partial charge < -0.3 is 14.9 Å². The summed E-state index contributed by atoms with van der Waals surface area (Å²) >= 11 is 1.34. The molecule has 0 amide bonds. The highest BCUT2D eigenvalue weighted by atomic mass is 32.1. The van der Waals surface area contributed by atoms with E-state index in [0.717, 1.165) is 5.69 Å². The van der Waals surface area contributed by atoms with Gasteiger partial charge in [0.1, 0.15) is 0 Å². The van der Waals surface area contributed by atoms with Gasteiger partial charge in [-0.1, -0.05) is 0 Å². The van der Waals surface area contributed by atoms with Crippen LogP contribution in [0.25, 0.3) is 0 Å². The fourth-order valence-corrected chi connectivity index (χ4v) is 1.56. The standard InChI is InChI=1S/C6H10BNO2S/c1-8(2)5-3-6(7(9)10)11-4-5/h3-4,9-10H,1-2H3. The quantitative estimate of drug-likeness (QED) is 0.589. The highest BCUT2D eigenvalue weighted by Gasteiger charge is 2.13. The minimum atomic E-state index is -1.34. The van der Waals surface area contributed by atoms with Crippen LogP contribution in [0.4, 0.5) is 5.69 Å². The second-order valence-electron chi connectivity index (χ2n) is 2.48. The predicted molar refractivity (Wildman–Crippen MR) is 48.5 cm³/mol. The smallest absolute Gasteiger partial charge is 0.423 e. The Kier molecular flexibility index (Phi) is 2.54. The Morgan fingerprint density at radius 2 is 2.09 bits per heavy atom. The minimum absolute atomic E-state index is 0.578. The van der Waals surface area contributed by atoms with Crippen molar-refractivity contribution in [2.75, 3.05) is 19.0 Å². The molecule has 1 aromatic heterocycles. The highest BCUT2D eigenvalue weighted by Crippen LogP contribution is 2.13. The maximum Gasteiger partial charge on any atom is 0.499 e. The second-order valence-corrected chi connectivity index (χ2v) is 3.42. The Labute approximate surface area is 70.0 Å². The summed E-state index contributed by atoms with van der Waals surface area (Å²) in [5, 5.41) is 19.4. The first-order chi connectivity index (χ1) is 5.11. The molecule has 0 fully saturated rings. The van der Waals surface area contributed by atoms with Crippen molar-refractivity contribution < 1.29 is 10.0 Å². The number of rotatable bonds is 2. The molecule has 0 spiro atoms. The fourth-order valence-electron chi connectivity index (χ4n) is 0.712. The van der Waals surface area contributed by atoms with Crippen LogP contribution in [0.5, 0.6) is 0 Å². The molecule has 0 atom stereocenters. The lowest BCUT2D eigenvalue weighted by Crippen LogP contribution is -2.26. The lowest BCUT2D eigenvalue weighted by molar-refractivity contribution is 0.427. The Morgan fingerprint density at radius 3 is 2.36 bits per heavy atom. The van der Waals surface area contributed by atoms with Crippen molar-refractivity contribution in [3.05, 3.63) is 11.4 Å². The zero-order valence-electron chi connectivity index (χ0n) is 6.48. The summed E-state index contributed by atoms with van der Waals surface area (Å²) in [5.41, 5.74) is 0.998. The monoisotopic (exact) mass is 171 g/mol. The van der Waals surface area contributed by atoms with Gasteiger partial charge in [-0.2, -0.15) is 11.3 Å². The van der Waals surface area contributed by atoms with Crippen LogP contribution in [-0.2, 0) is 0 Å². The lowest BCUT2D eigenvalue weighted by Gasteiger charge is -2.07. The zero-order chi connectivity index (χ0) is 8.43. The van der Waals surface area contributed by atoms with Gasteiger partial charge in [0.05, 0.1) is 0 Å². The highest BCUT2D eigenvalue weighted by molar-refractivity contribution is 7.20. The summed E-state index contributed by atoms with van der Waals surface area (Å²) in [4.78, 5) is 1.92. The normalized spacial score (nSPS) is 9.82. The van der Waals surface area contributed by atoms with Crippen LogP contribution in [0, 0.1) is 0 Å². The largest absolute Gasteiger partial charge is 0.499 e. The van der Waals surface area contributed by atoms with E-state index in [2.05, 4.69) is 0 Å². The van der Waals surface area contributed by atoms with Gasteiger partial charge in [-0.15, -0.1) is 0 Å². The Bertz CT molecular complexity index is 214. The lowest BCUT2D eigenvalue weighted by atomic mass is 9.89. The molecule has 60 valence electrons. The van der Waals surface area contributed by atoms with Crippen LogP contribution in [0.3, 0.4) is 0 Å². The first-order valence-corrected chi connectivity index (χ1v) is 4.11. The zero-order valence-corrected chi connectivity index (χ0v) is 7.30. The van der Waals surface area contributed by atoms with Gasteiger partial charge in [-0.05, 0) is 6.07 Å². The van der Waals surface area contributed by atoms with Crippen molar-refractivity contribution in [3.8, 4) is 0 Å². The molecule has 0 saturated heterocycles. The van der Waals surface area contributed by atoms with Crippen molar-refractivity contribution in [2.24, 2.45) is 0 Å². The predicted octanol–water partition coefficient (Wildman–Crippen LogP) is -0.506. The van der Waals surface area contributed by atoms with Crippen molar-refractivity contribution >= 4 is 28.9 Å². The Morgan fingerprint density at radius 1 is 1.45 bits per heavy atom. The van der Waals surface area contributed by atoms with Crippen LogP contribution < -0.4 is 9.68 Å². The Balaban J connectivity index is 2.82. The molecule has 2 N–H and O–H groups in total. The molecule has 5 heteroatoms. The SMILES string of the molecule is CN(C)c1csc(B(O)O)c1. The van der Waals surface area contributed by atoms with Gasteiger partial charge in [-0.25, -0.2) is 0 Å². The van der Waals surface area contributed by atoms with Gasteiger partial charge in [0.2, 0.25) is 0 Å². The summed E-state index contributed by atoms with van der Waals surface area (Å²) in [5.74, 6) is 0. The third-order valence-electron chi connectivity index (χ3n) is 1.38. The second kappa shape index (κ2) is 3.25. The molecular weight excluding hydrogens is 161 g/mol. The third-order valence-corrected chi connectivity index (χ3v) is 2.34. The first kappa shape index (κ1) is 8.58. The molecule has 0 radical (unpaired) electrons. The molecule has 0 aromatic carbocycles. The molecule has 0 bridgehead atoms. The maximum atomic E-state index is 8.77. The molecule has 0 saturated carbocycles. The maximum absolute atomic E-state index is 8.77. The van der Waals surface area contributed by atoms with Crippen LogP contribution in [0.15, 0.2) is 11.4 Å². The molecule has 3 nitrogen and oxygen atoms in total. The van der Waals surface area contributed by atoms with Crippen molar-refractivity contribution in [3.63, 3.8) is 0 Å². The van der Waals surface area contributed by atoms with Crippen LogP contribution in [-0.4, -0.2) is 31.3 Å². The van der Waals surface area contributed by atoms with Gasteiger partial charge >= 0.3 is 7.12 Å². The summed E-state index contributed by atoms with van der Waals surface area (Å²) < 4.78 is 0.578. The molecule has 0 aliphatic rings. The first-order valence-electron chi connectivity index (χ1n) is 3.23. The summed E-state index contributed by atoms with van der Waals surface area (Å²) in [6.45, 7) is 0. The average Bonchev–Trinajstić information content (AvgIpc) is 2.33. The van der Waals surface area contributed by atoms with E-state index in [1.807, 2.05) is 24.4 Å². The summed E-state index contributed by atoms with van der Waals surface area (Å²) in [6, 6.07) is 1.76. The number of thiophene rings is 1. The Hall–Kier alpha value is -0.515. The third kappa shape index (κ3) is 1.96. The van der Waals surface area contributed by atoms with E-state index >= 15 is 0 Å². The average molecular weight is 171 g/mol. The minimum Gasteiger partial charge on any atom is -0.423 e. The topological polar surface area (TPSA) is 43.7 Å². The van der Waals surface area contributed by atoms with E-state index in [9.17, 15) is 0 Å². The molecular formula is C6H10BNO2S. The van der Waals surface area contributed by atoms with Crippen LogP contribution in [0.2, 0.25) is 0 Å².